The highest BCUT2D eigenvalue weighted by Crippen LogP contribution is 2.25. The van der Waals surface area contributed by atoms with Crippen molar-refractivity contribution in [3.8, 4) is 0 Å². The number of carbonyl (C=O) groups excluding carboxylic acids is 1. The van der Waals surface area contributed by atoms with Gasteiger partial charge in [-0.25, -0.2) is 4.39 Å². The highest BCUT2D eigenvalue weighted by molar-refractivity contribution is 7.15. The molecule has 0 aliphatic rings. The van der Waals surface area contributed by atoms with Gasteiger partial charge in [-0.1, -0.05) is 65.4 Å². The van der Waals surface area contributed by atoms with Crippen LogP contribution in [0.4, 0.5) is 4.39 Å². The first-order valence-electron chi connectivity index (χ1n) is 7.40. The molecule has 0 atom stereocenters. The van der Waals surface area contributed by atoms with Crippen molar-refractivity contribution in [2.24, 2.45) is 0 Å². The molecule has 126 valence electrons. The molecule has 7 heteroatoms. The lowest BCUT2D eigenvalue weighted by atomic mass is 10.2. The fourth-order valence-electron chi connectivity index (χ4n) is 2.03. The van der Waals surface area contributed by atoms with E-state index in [4.69, 9.17) is 11.6 Å². The summed E-state index contributed by atoms with van der Waals surface area (Å²) in [6.07, 6.45) is 1.77. The van der Waals surface area contributed by atoms with E-state index < -0.39 is 0 Å². The molecule has 0 saturated heterocycles. The van der Waals surface area contributed by atoms with Gasteiger partial charge in [0, 0.05) is 6.54 Å². The van der Waals surface area contributed by atoms with E-state index in [2.05, 4.69) is 15.5 Å². The van der Waals surface area contributed by atoms with Crippen LogP contribution in [0.3, 0.4) is 0 Å². The molecule has 0 unspecified atom stereocenters. The molecule has 1 aromatic heterocycles. The number of nitrogens with zero attached hydrogens (tertiary/aromatic N) is 2. The van der Waals surface area contributed by atoms with Crippen LogP contribution in [0, 0.1) is 5.82 Å². The van der Waals surface area contributed by atoms with Crippen molar-refractivity contribution >= 4 is 40.0 Å². The fourth-order valence-corrected chi connectivity index (χ4v) is 2.98. The Morgan fingerprint density at radius 1 is 1.08 bits per heavy atom. The third-order valence-electron chi connectivity index (χ3n) is 3.28. The number of aromatic nitrogens is 2. The molecule has 3 rings (SSSR count). The van der Waals surface area contributed by atoms with Gasteiger partial charge in [0.15, 0.2) is 5.01 Å². The van der Waals surface area contributed by atoms with Crippen LogP contribution in [-0.4, -0.2) is 16.1 Å². The summed E-state index contributed by atoms with van der Waals surface area (Å²) in [5.41, 5.74) is 1.73. The molecule has 1 N–H and O–H groups in total. The van der Waals surface area contributed by atoms with Crippen molar-refractivity contribution in [2.75, 3.05) is 0 Å². The molecule has 0 fully saturated rings. The fraction of sp³-hybridized carbons (Fsp3) is 0.0556. The Balaban J connectivity index is 1.65. The minimum Gasteiger partial charge on any atom is -0.346 e. The van der Waals surface area contributed by atoms with Crippen LogP contribution in [0.15, 0.2) is 54.6 Å². The van der Waals surface area contributed by atoms with Crippen LogP contribution >= 0.6 is 22.9 Å². The Kier molecular flexibility index (Phi) is 5.53. The maximum atomic E-state index is 12.9. The number of nitrogens with one attached hydrogen (secondary N) is 1. The van der Waals surface area contributed by atoms with E-state index in [-0.39, 0.29) is 23.3 Å². The van der Waals surface area contributed by atoms with Crippen molar-refractivity contribution in [3.05, 3.63) is 81.6 Å². The molecule has 1 amide bonds. The van der Waals surface area contributed by atoms with Gasteiger partial charge >= 0.3 is 0 Å². The molecule has 1 heterocycles. The molecule has 25 heavy (non-hydrogen) atoms. The van der Waals surface area contributed by atoms with Gasteiger partial charge in [0.1, 0.15) is 5.82 Å². The Hall–Kier alpha value is -2.57. The summed E-state index contributed by atoms with van der Waals surface area (Å²) in [7, 11) is 0. The summed E-state index contributed by atoms with van der Waals surface area (Å²) in [5.74, 6) is -0.666. The standard InChI is InChI=1S/C18H13ClFN3OS/c19-15(10-12-4-2-1-3-5-12)17-22-23-18(25-17)16(24)21-11-13-6-8-14(20)9-7-13/h1-10H,11H2,(H,21,24). The van der Waals surface area contributed by atoms with E-state index >= 15 is 0 Å². The van der Waals surface area contributed by atoms with Crippen LogP contribution in [0.25, 0.3) is 11.1 Å². The van der Waals surface area contributed by atoms with E-state index in [1.165, 1.54) is 12.1 Å². The van der Waals surface area contributed by atoms with E-state index in [1.54, 1.807) is 18.2 Å². The molecular formula is C18H13ClFN3OS. The first kappa shape index (κ1) is 17.3. The highest BCUT2D eigenvalue weighted by atomic mass is 35.5. The van der Waals surface area contributed by atoms with Gasteiger partial charge in [0.25, 0.3) is 5.91 Å². The van der Waals surface area contributed by atoms with Crippen LogP contribution in [-0.2, 0) is 6.54 Å². The molecule has 2 aromatic carbocycles. The van der Waals surface area contributed by atoms with E-state index in [0.29, 0.717) is 10.0 Å². The smallest absolute Gasteiger partial charge is 0.282 e. The molecule has 0 aliphatic carbocycles. The summed E-state index contributed by atoms with van der Waals surface area (Å²) >= 11 is 7.36. The topological polar surface area (TPSA) is 54.9 Å². The van der Waals surface area contributed by atoms with E-state index in [0.717, 1.165) is 22.5 Å². The Morgan fingerprint density at radius 2 is 1.76 bits per heavy atom. The summed E-state index contributed by atoms with van der Waals surface area (Å²) in [6.45, 7) is 0.279. The molecule has 0 bridgehead atoms. The number of carbonyl (C=O) groups is 1. The summed E-state index contributed by atoms with van der Waals surface area (Å²) in [6, 6.07) is 15.5. The Bertz CT molecular complexity index is 894. The van der Waals surface area contributed by atoms with Gasteiger partial charge in [-0.05, 0) is 29.3 Å². The summed E-state index contributed by atoms with van der Waals surface area (Å²) in [5, 5.41) is 11.7. The first-order valence-corrected chi connectivity index (χ1v) is 8.60. The third kappa shape index (κ3) is 4.71. The lowest BCUT2D eigenvalue weighted by Crippen LogP contribution is -2.22. The number of halogens is 2. The Labute approximate surface area is 153 Å². The first-order chi connectivity index (χ1) is 12.1. The minimum absolute atomic E-state index is 0.219. The molecule has 0 radical (unpaired) electrons. The monoisotopic (exact) mass is 373 g/mol. The predicted molar refractivity (Wildman–Crippen MR) is 97.6 cm³/mol. The van der Waals surface area contributed by atoms with Crippen LogP contribution in [0.1, 0.15) is 25.9 Å². The lowest BCUT2D eigenvalue weighted by molar-refractivity contribution is 0.0950. The quantitative estimate of drug-likeness (QED) is 0.723. The van der Waals surface area contributed by atoms with E-state index in [1.807, 2.05) is 30.3 Å². The molecule has 0 spiro atoms. The second-order valence-corrected chi connectivity index (χ2v) is 6.51. The van der Waals surface area contributed by atoms with Gasteiger partial charge in [0.2, 0.25) is 5.01 Å². The van der Waals surface area contributed by atoms with Gasteiger partial charge < -0.3 is 5.32 Å². The molecule has 4 nitrogen and oxygen atoms in total. The van der Waals surface area contributed by atoms with Crippen molar-refractivity contribution in [1.82, 2.24) is 15.5 Å². The van der Waals surface area contributed by atoms with Crippen LogP contribution in [0.2, 0.25) is 0 Å². The van der Waals surface area contributed by atoms with Gasteiger partial charge in [-0.15, -0.1) is 10.2 Å². The highest BCUT2D eigenvalue weighted by Gasteiger charge is 2.14. The Morgan fingerprint density at radius 3 is 2.48 bits per heavy atom. The van der Waals surface area contributed by atoms with E-state index in [9.17, 15) is 9.18 Å². The minimum atomic E-state index is -0.350. The maximum absolute atomic E-state index is 12.9. The largest absolute Gasteiger partial charge is 0.346 e. The number of rotatable bonds is 5. The SMILES string of the molecule is O=C(NCc1ccc(F)cc1)c1nnc(C(Cl)=Cc2ccccc2)s1. The van der Waals surface area contributed by atoms with Crippen molar-refractivity contribution in [2.45, 2.75) is 6.54 Å². The van der Waals surface area contributed by atoms with Crippen molar-refractivity contribution < 1.29 is 9.18 Å². The number of benzene rings is 2. The molecule has 0 aliphatic heterocycles. The molecule has 0 saturated carbocycles. The zero-order chi connectivity index (χ0) is 17.6. The normalized spacial score (nSPS) is 11.4. The zero-order valence-corrected chi connectivity index (χ0v) is 14.5. The number of hydrogen-bond acceptors (Lipinski definition) is 4. The molecule has 3 aromatic rings. The van der Waals surface area contributed by atoms with Crippen molar-refractivity contribution in [1.29, 1.82) is 0 Å². The van der Waals surface area contributed by atoms with Gasteiger partial charge in [-0.3, -0.25) is 4.79 Å². The van der Waals surface area contributed by atoms with Crippen LogP contribution in [0.5, 0.6) is 0 Å². The molecular weight excluding hydrogens is 361 g/mol. The van der Waals surface area contributed by atoms with Gasteiger partial charge in [-0.2, -0.15) is 0 Å². The second-order valence-electron chi connectivity index (χ2n) is 5.12. The summed E-state index contributed by atoms with van der Waals surface area (Å²) in [4.78, 5) is 12.1. The van der Waals surface area contributed by atoms with Gasteiger partial charge in [0.05, 0.1) is 5.03 Å². The average molecular weight is 374 g/mol. The predicted octanol–water partition coefficient (Wildman–Crippen LogP) is 4.34. The van der Waals surface area contributed by atoms with Crippen molar-refractivity contribution in [3.63, 3.8) is 0 Å². The second kappa shape index (κ2) is 8.00. The van der Waals surface area contributed by atoms with Crippen LogP contribution < -0.4 is 5.32 Å². The number of amides is 1. The number of hydrogen-bond donors (Lipinski definition) is 1. The lowest BCUT2D eigenvalue weighted by Gasteiger charge is -2.02. The third-order valence-corrected chi connectivity index (χ3v) is 4.64. The average Bonchev–Trinajstić information content (AvgIpc) is 3.12. The zero-order valence-electron chi connectivity index (χ0n) is 12.9. The maximum Gasteiger partial charge on any atom is 0.282 e. The summed E-state index contributed by atoms with van der Waals surface area (Å²) < 4.78 is 12.9.